The maximum absolute atomic E-state index is 13.0. The summed E-state index contributed by atoms with van der Waals surface area (Å²) in [4.78, 5) is 13.7. The van der Waals surface area contributed by atoms with Crippen molar-refractivity contribution < 1.29 is 9.18 Å². The number of rotatable bonds is 5. The van der Waals surface area contributed by atoms with Gasteiger partial charge in [-0.05, 0) is 30.5 Å². The van der Waals surface area contributed by atoms with Crippen LogP contribution < -0.4 is 5.32 Å². The van der Waals surface area contributed by atoms with Crippen LogP contribution in [0.1, 0.15) is 24.8 Å². The van der Waals surface area contributed by atoms with E-state index in [4.69, 9.17) is 11.6 Å². The molecule has 104 valence electrons. The Hall–Kier alpha value is -1.13. The third-order valence-corrected chi connectivity index (χ3v) is 3.58. The Morgan fingerprint density at radius 3 is 2.79 bits per heavy atom. The van der Waals surface area contributed by atoms with Gasteiger partial charge in [0.2, 0.25) is 5.91 Å². The lowest BCUT2D eigenvalue weighted by Gasteiger charge is -2.15. The second-order valence-corrected chi connectivity index (χ2v) is 5.17. The van der Waals surface area contributed by atoms with Crippen LogP contribution in [-0.2, 0) is 11.3 Å². The molecule has 3 nitrogen and oxygen atoms in total. The second kappa shape index (κ2) is 6.87. The summed E-state index contributed by atoms with van der Waals surface area (Å²) in [7, 11) is 0. The minimum Gasteiger partial charge on any atom is -0.343 e. The van der Waals surface area contributed by atoms with Gasteiger partial charge in [0.15, 0.2) is 0 Å². The minimum atomic E-state index is -0.408. The average molecular weight is 285 g/mol. The van der Waals surface area contributed by atoms with E-state index in [0.717, 1.165) is 31.5 Å². The molecule has 1 amide bonds. The first-order chi connectivity index (χ1) is 9.16. The van der Waals surface area contributed by atoms with Crippen LogP contribution in [0.25, 0.3) is 0 Å². The van der Waals surface area contributed by atoms with Crippen molar-refractivity contribution in [3.63, 3.8) is 0 Å². The highest BCUT2D eigenvalue weighted by molar-refractivity contribution is 6.30. The van der Waals surface area contributed by atoms with Crippen molar-refractivity contribution in [1.29, 1.82) is 0 Å². The van der Waals surface area contributed by atoms with Crippen LogP contribution in [0.15, 0.2) is 18.2 Å². The van der Waals surface area contributed by atoms with E-state index in [2.05, 4.69) is 5.32 Å². The highest BCUT2D eigenvalue weighted by atomic mass is 35.5. The molecule has 1 aromatic carbocycles. The number of carbonyl (C=O) groups excluding carboxylic acids is 1. The van der Waals surface area contributed by atoms with Crippen LogP contribution in [0.4, 0.5) is 4.39 Å². The van der Waals surface area contributed by atoms with Crippen LogP contribution in [0, 0.1) is 5.82 Å². The van der Waals surface area contributed by atoms with Gasteiger partial charge < -0.3 is 10.2 Å². The van der Waals surface area contributed by atoms with E-state index in [0.29, 0.717) is 19.5 Å². The van der Waals surface area contributed by atoms with E-state index < -0.39 is 5.82 Å². The molecule has 1 heterocycles. The van der Waals surface area contributed by atoms with Gasteiger partial charge in [0.05, 0.1) is 5.02 Å². The van der Waals surface area contributed by atoms with Gasteiger partial charge in [-0.2, -0.15) is 0 Å². The first-order valence-corrected chi connectivity index (χ1v) is 6.97. The van der Waals surface area contributed by atoms with Gasteiger partial charge >= 0.3 is 0 Å². The van der Waals surface area contributed by atoms with Gasteiger partial charge in [-0.25, -0.2) is 4.39 Å². The Balaban J connectivity index is 1.68. The highest BCUT2D eigenvalue weighted by Crippen LogP contribution is 2.15. The standard InChI is InChI=1S/C14H18ClFN2O/c15-12-9-11(3-4-13(12)16)10-17-6-5-14(19)18-7-1-2-8-18/h3-4,9,17H,1-2,5-8,10H2. The lowest BCUT2D eigenvalue weighted by Crippen LogP contribution is -2.30. The van der Waals surface area contributed by atoms with Crippen molar-refractivity contribution in [3.05, 3.63) is 34.6 Å². The zero-order valence-electron chi connectivity index (χ0n) is 10.8. The average Bonchev–Trinajstić information content (AvgIpc) is 2.92. The van der Waals surface area contributed by atoms with Crippen LogP contribution in [0.3, 0.4) is 0 Å². The van der Waals surface area contributed by atoms with Crippen molar-refractivity contribution in [2.24, 2.45) is 0 Å². The molecule has 1 fully saturated rings. The summed E-state index contributed by atoms with van der Waals surface area (Å²) in [6.07, 6.45) is 2.75. The number of hydrogen-bond donors (Lipinski definition) is 1. The molecule has 1 N–H and O–H groups in total. The van der Waals surface area contributed by atoms with Crippen LogP contribution in [0.2, 0.25) is 5.02 Å². The number of amides is 1. The maximum atomic E-state index is 13.0. The fourth-order valence-corrected chi connectivity index (χ4v) is 2.41. The molecule has 1 aliphatic heterocycles. The number of nitrogens with zero attached hydrogens (tertiary/aromatic N) is 1. The summed E-state index contributed by atoms with van der Waals surface area (Å²) >= 11 is 5.70. The number of halogens is 2. The quantitative estimate of drug-likeness (QED) is 0.843. The molecule has 5 heteroatoms. The predicted octanol–water partition coefficient (Wildman–Crippen LogP) is 2.58. The number of benzene rings is 1. The molecule has 0 aliphatic carbocycles. The Morgan fingerprint density at radius 1 is 1.37 bits per heavy atom. The lowest BCUT2D eigenvalue weighted by molar-refractivity contribution is -0.130. The van der Waals surface area contributed by atoms with Gasteiger partial charge in [0.25, 0.3) is 0 Å². The number of hydrogen-bond acceptors (Lipinski definition) is 2. The summed E-state index contributed by atoms with van der Waals surface area (Å²) in [5.41, 5.74) is 0.917. The first-order valence-electron chi connectivity index (χ1n) is 6.59. The Morgan fingerprint density at radius 2 is 2.11 bits per heavy atom. The van der Waals surface area contributed by atoms with Gasteiger partial charge in [0, 0.05) is 32.6 Å². The Kier molecular flexibility index (Phi) is 5.16. The number of carbonyl (C=O) groups is 1. The normalized spacial score (nSPS) is 14.9. The fraction of sp³-hybridized carbons (Fsp3) is 0.500. The minimum absolute atomic E-state index is 0.132. The Labute approximate surface area is 117 Å². The third-order valence-electron chi connectivity index (χ3n) is 3.29. The molecule has 0 aromatic heterocycles. The molecule has 2 rings (SSSR count). The third kappa shape index (κ3) is 4.18. The van der Waals surface area contributed by atoms with Crippen LogP contribution in [-0.4, -0.2) is 30.4 Å². The smallest absolute Gasteiger partial charge is 0.223 e. The fourth-order valence-electron chi connectivity index (χ4n) is 2.20. The molecule has 0 saturated carbocycles. The van der Waals surface area contributed by atoms with Gasteiger partial charge in [0.1, 0.15) is 5.82 Å². The van der Waals surface area contributed by atoms with Crippen molar-refractivity contribution >= 4 is 17.5 Å². The van der Waals surface area contributed by atoms with E-state index in [9.17, 15) is 9.18 Å². The number of nitrogens with one attached hydrogen (secondary N) is 1. The largest absolute Gasteiger partial charge is 0.343 e. The SMILES string of the molecule is O=C(CCNCc1ccc(F)c(Cl)c1)N1CCCC1. The van der Waals surface area contributed by atoms with E-state index in [1.165, 1.54) is 6.07 Å². The molecule has 0 bridgehead atoms. The zero-order valence-corrected chi connectivity index (χ0v) is 11.5. The molecule has 0 spiro atoms. The van der Waals surface area contributed by atoms with Crippen molar-refractivity contribution in [3.8, 4) is 0 Å². The molecular weight excluding hydrogens is 267 g/mol. The summed E-state index contributed by atoms with van der Waals surface area (Å²) in [6.45, 7) is 3.01. The van der Waals surface area contributed by atoms with Crippen LogP contribution in [0.5, 0.6) is 0 Å². The summed E-state index contributed by atoms with van der Waals surface area (Å²) in [5.74, 6) is -0.197. The van der Waals surface area contributed by atoms with Crippen molar-refractivity contribution in [1.82, 2.24) is 10.2 Å². The number of likely N-dealkylation sites (tertiary alicyclic amines) is 1. The van der Waals surface area contributed by atoms with Gasteiger partial charge in [-0.15, -0.1) is 0 Å². The summed E-state index contributed by atoms with van der Waals surface area (Å²) in [6, 6.07) is 4.65. The predicted molar refractivity (Wildman–Crippen MR) is 73.5 cm³/mol. The molecule has 0 unspecified atom stereocenters. The maximum Gasteiger partial charge on any atom is 0.223 e. The second-order valence-electron chi connectivity index (χ2n) is 4.76. The van der Waals surface area contributed by atoms with Crippen molar-refractivity contribution in [2.45, 2.75) is 25.8 Å². The Bertz CT molecular complexity index is 447. The van der Waals surface area contributed by atoms with E-state index in [1.54, 1.807) is 12.1 Å². The van der Waals surface area contributed by atoms with E-state index in [1.807, 2.05) is 4.90 Å². The molecule has 0 radical (unpaired) electrons. The van der Waals surface area contributed by atoms with E-state index in [-0.39, 0.29) is 10.9 Å². The topological polar surface area (TPSA) is 32.3 Å². The van der Waals surface area contributed by atoms with E-state index >= 15 is 0 Å². The highest BCUT2D eigenvalue weighted by Gasteiger charge is 2.16. The van der Waals surface area contributed by atoms with Gasteiger partial charge in [-0.1, -0.05) is 17.7 Å². The lowest BCUT2D eigenvalue weighted by atomic mass is 10.2. The van der Waals surface area contributed by atoms with Gasteiger partial charge in [-0.3, -0.25) is 4.79 Å². The summed E-state index contributed by atoms with van der Waals surface area (Å²) < 4.78 is 13.0. The van der Waals surface area contributed by atoms with Crippen LogP contribution >= 0.6 is 11.6 Å². The monoisotopic (exact) mass is 284 g/mol. The van der Waals surface area contributed by atoms with Crippen molar-refractivity contribution in [2.75, 3.05) is 19.6 Å². The molecule has 19 heavy (non-hydrogen) atoms. The molecule has 1 saturated heterocycles. The first kappa shape index (κ1) is 14.3. The zero-order chi connectivity index (χ0) is 13.7. The molecule has 1 aromatic rings. The molecule has 0 atom stereocenters. The summed E-state index contributed by atoms with van der Waals surface area (Å²) in [5, 5.41) is 3.31. The molecular formula is C14H18ClFN2O. The molecule has 1 aliphatic rings.